The fraction of sp³-hybridized carbons (Fsp3) is 0.417. The summed E-state index contributed by atoms with van der Waals surface area (Å²) in [4.78, 5) is 34.7. The van der Waals surface area contributed by atoms with E-state index >= 15 is 0 Å². The molecule has 5 rings (SSSR count). The monoisotopic (exact) mass is 500 g/mol. The predicted molar refractivity (Wildman–Crippen MR) is 131 cm³/mol. The van der Waals surface area contributed by atoms with Crippen LogP contribution in [-0.4, -0.2) is 56.1 Å². The number of aromatic nitrogens is 3. The molecule has 0 spiro atoms. The van der Waals surface area contributed by atoms with Gasteiger partial charge >= 0.3 is 11.7 Å². The zero-order valence-electron chi connectivity index (χ0n) is 19.0. The number of amides is 2. The third kappa shape index (κ3) is 4.64. The topological polar surface area (TPSA) is 95.0 Å². The van der Waals surface area contributed by atoms with E-state index in [4.69, 9.17) is 12.2 Å². The summed E-state index contributed by atoms with van der Waals surface area (Å²) in [5.74, 6) is -1.94. The number of benzene rings is 1. The molecular formula is C24H26F2N6O2S. The molecule has 0 saturated carbocycles. The molecule has 3 N–H and O–H groups in total. The van der Waals surface area contributed by atoms with E-state index in [0.29, 0.717) is 61.5 Å². The second-order valence-corrected chi connectivity index (χ2v) is 9.49. The minimum absolute atomic E-state index is 0.0213. The Morgan fingerprint density at radius 1 is 1.11 bits per heavy atom. The molecule has 0 bridgehead atoms. The molecule has 35 heavy (non-hydrogen) atoms. The van der Waals surface area contributed by atoms with E-state index < -0.39 is 11.6 Å². The van der Waals surface area contributed by atoms with Crippen LogP contribution in [0.5, 0.6) is 0 Å². The summed E-state index contributed by atoms with van der Waals surface area (Å²) < 4.78 is 29.7. The van der Waals surface area contributed by atoms with E-state index in [1.54, 1.807) is 27.8 Å². The fourth-order valence-electron chi connectivity index (χ4n) is 5.08. The van der Waals surface area contributed by atoms with Crippen molar-refractivity contribution in [1.82, 2.24) is 30.1 Å². The number of hydrogen-bond acceptors (Lipinski definition) is 4. The summed E-state index contributed by atoms with van der Waals surface area (Å²) >= 11 is 5.47. The molecule has 2 aliphatic rings. The first-order valence-corrected chi connectivity index (χ1v) is 12.2. The number of urea groups is 1. The van der Waals surface area contributed by atoms with Crippen LogP contribution in [0.1, 0.15) is 43.2 Å². The van der Waals surface area contributed by atoms with Crippen LogP contribution in [0, 0.1) is 11.6 Å². The van der Waals surface area contributed by atoms with Crippen LogP contribution in [-0.2, 0) is 0 Å². The average molecular weight is 501 g/mol. The highest BCUT2D eigenvalue weighted by Crippen LogP contribution is 2.28. The highest BCUT2D eigenvalue weighted by molar-refractivity contribution is 7.80. The Labute approximate surface area is 205 Å². The van der Waals surface area contributed by atoms with Gasteiger partial charge in [0.05, 0.1) is 16.5 Å². The highest BCUT2D eigenvalue weighted by atomic mass is 32.1. The predicted octanol–water partition coefficient (Wildman–Crippen LogP) is 3.21. The maximum absolute atomic E-state index is 14.3. The first-order valence-electron chi connectivity index (χ1n) is 11.7. The molecule has 2 aromatic heterocycles. The Morgan fingerprint density at radius 3 is 2.71 bits per heavy atom. The van der Waals surface area contributed by atoms with Crippen molar-refractivity contribution in [3.8, 4) is 0 Å². The molecule has 4 heterocycles. The van der Waals surface area contributed by atoms with Crippen LogP contribution >= 0.6 is 12.2 Å². The first-order chi connectivity index (χ1) is 16.9. The van der Waals surface area contributed by atoms with E-state index in [1.807, 2.05) is 6.07 Å². The number of nitrogens with one attached hydrogen (secondary N) is 3. The van der Waals surface area contributed by atoms with Gasteiger partial charge in [-0.1, -0.05) is 24.4 Å². The number of likely N-dealkylation sites (tertiary alicyclic amines) is 1. The molecule has 0 radical (unpaired) electrons. The lowest BCUT2D eigenvalue weighted by Crippen LogP contribution is -2.51. The normalized spacial score (nSPS) is 21.5. The number of aromatic amines is 1. The fourth-order valence-corrected chi connectivity index (χ4v) is 5.34. The van der Waals surface area contributed by atoms with Gasteiger partial charge in [0, 0.05) is 37.8 Å². The average Bonchev–Trinajstić information content (AvgIpc) is 3.09. The molecule has 11 heteroatoms. The molecule has 8 nitrogen and oxygen atoms in total. The number of carbonyl (C=O) groups excluding carboxylic acids is 1. The molecule has 184 valence electrons. The minimum atomic E-state index is -0.867. The number of pyridine rings is 1. The number of hydrogen-bond donors (Lipinski definition) is 3. The lowest BCUT2D eigenvalue weighted by molar-refractivity contribution is 0.170. The number of imidazole rings is 1. The molecule has 2 saturated heterocycles. The second-order valence-electron chi connectivity index (χ2n) is 9.05. The van der Waals surface area contributed by atoms with Crippen LogP contribution in [0.25, 0.3) is 11.2 Å². The van der Waals surface area contributed by atoms with Crippen LogP contribution in [0.4, 0.5) is 13.6 Å². The summed E-state index contributed by atoms with van der Waals surface area (Å²) in [6.07, 6.45) is 4.00. The van der Waals surface area contributed by atoms with Gasteiger partial charge in [-0.3, -0.25) is 9.55 Å². The quantitative estimate of drug-likeness (QED) is 0.480. The van der Waals surface area contributed by atoms with Gasteiger partial charge in [0.2, 0.25) is 0 Å². The van der Waals surface area contributed by atoms with Gasteiger partial charge < -0.3 is 15.5 Å². The lowest BCUT2D eigenvalue weighted by atomic mass is 9.93. The van der Waals surface area contributed by atoms with E-state index in [1.165, 1.54) is 6.07 Å². The molecule has 2 amide bonds. The molecular weight excluding hydrogens is 474 g/mol. The molecule has 2 atom stereocenters. The maximum atomic E-state index is 14.3. The summed E-state index contributed by atoms with van der Waals surface area (Å²) in [6.45, 7) is 1.38. The molecule has 1 aromatic carbocycles. The van der Waals surface area contributed by atoms with Crippen LogP contribution in [0.15, 0.2) is 41.3 Å². The largest absolute Gasteiger partial charge is 0.377 e. The summed E-state index contributed by atoms with van der Waals surface area (Å²) in [7, 11) is 0. The van der Waals surface area contributed by atoms with Gasteiger partial charge in [-0.25, -0.2) is 23.4 Å². The summed E-state index contributed by atoms with van der Waals surface area (Å²) in [5.41, 5.74) is 1.45. The Morgan fingerprint density at radius 2 is 1.91 bits per heavy atom. The van der Waals surface area contributed by atoms with Crippen molar-refractivity contribution in [1.29, 1.82) is 0 Å². The lowest BCUT2D eigenvalue weighted by Gasteiger charge is -2.33. The number of carbonyl (C=O) groups is 1. The number of nitrogens with zero attached hydrogens (tertiary/aromatic N) is 3. The van der Waals surface area contributed by atoms with Gasteiger partial charge in [0.15, 0.2) is 17.3 Å². The van der Waals surface area contributed by atoms with Crippen molar-refractivity contribution in [2.24, 2.45) is 0 Å². The van der Waals surface area contributed by atoms with Crippen LogP contribution in [0.3, 0.4) is 0 Å². The zero-order valence-corrected chi connectivity index (χ0v) is 19.8. The standard InChI is InChI=1S/C24H26F2N6O2S/c25-17-4-1-3-16(20(17)26)14-6-7-18(22(35)28-13-14)29-23(33)31-11-8-15(9-12-31)32-19-5-2-10-27-21(19)30-24(32)34/h1-5,10,14-15,18H,6-9,11-13H2,(H,28,35)(H,29,33)(H,27,30,34)/t14-,18-/m1/s1. The van der Waals surface area contributed by atoms with E-state index in [2.05, 4.69) is 20.6 Å². The molecule has 3 aromatic rings. The number of halogens is 2. The summed E-state index contributed by atoms with van der Waals surface area (Å²) in [5, 5.41) is 6.11. The van der Waals surface area contributed by atoms with E-state index in [0.717, 1.165) is 11.6 Å². The van der Waals surface area contributed by atoms with Gasteiger partial charge in [0.25, 0.3) is 0 Å². The Kier molecular flexibility index (Phi) is 6.50. The van der Waals surface area contributed by atoms with Crippen molar-refractivity contribution in [2.45, 2.75) is 43.7 Å². The van der Waals surface area contributed by atoms with Crippen molar-refractivity contribution in [2.75, 3.05) is 19.6 Å². The van der Waals surface area contributed by atoms with E-state index in [9.17, 15) is 18.4 Å². The molecule has 0 unspecified atom stereocenters. The van der Waals surface area contributed by atoms with Crippen molar-refractivity contribution in [3.05, 3.63) is 64.2 Å². The third-order valence-electron chi connectivity index (χ3n) is 6.97. The highest BCUT2D eigenvalue weighted by Gasteiger charge is 2.30. The molecule has 0 aliphatic carbocycles. The Hall–Kier alpha value is -3.34. The minimum Gasteiger partial charge on any atom is -0.377 e. The van der Waals surface area contributed by atoms with Gasteiger partial charge in [-0.15, -0.1) is 0 Å². The van der Waals surface area contributed by atoms with Crippen molar-refractivity contribution in [3.63, 3.8) is 0 Å². The second kappa shape index (κ2) is 9.73. The van der Waals surface area contributed by atoms with Crippen molar-refractivity contribution >= 4 is 34.4 Å². The summed E-state index contributed by atoms with van der Waals surface area (Å²) in [6, 6.07) is 7.22. The smallest absolute Gasteiger partial charge is 0.327 e. The Bertz CT molecular complexity index is 1320. The van der Waals surface area contributed by atoms with Crippen LogP contribution < -0.4 is 16.3 Å². The van der Waals surface area contributed by atoms with Crippen LogP contribution in [0.2, 0.25) is 0 Å². The number of H-pyrrole nitrogens is 1. The third-order valence-corrected chi connectivity index (χ3v) is 7.40. The van der Waals surface area contributed by atoms with Crippen molar-refractivity contribution < 1.29 is 13.6 Å². The number of piperidine rings is 1. The maximum Gasteiger partial charge on any atom is 0.327 e. The van der Waals surface area contributed by atoms with Gasteiger partial charge in [-0.05, 0) is 49.4 Å². The van der Waals surface area contributed by atoms with E-state index in [-0.39, 0.29) is 29.7 Å². The van der Waals surface area contributed by atoms with Gasteiger partial charge in [0.1, 0.15) is 0 Å². The van der Waals surface area contributed by atoms with Gasteiger partial charge in [-0.2, -0.15) is 0 Å². The molecule has 2 aliphatic heterocycles. The first kappa shape index (κ1) is 23.4. The molecule has 2 fully saturated rings. The number of rotatable bonds is 3. The Balaban J connectivity index is 1.19. The number of thiocarbonyl (C=S) groups is 1. The number of fused-ring (bicyclic) bond motifs is 1. The SMILES string of the molecule is O=C(N[C@@H]1CC[C@@H](c2cccc(F)c2F)CNC1=S)N1CCC(n2c(=O)[nH]c3ncccc32)CC1. The zero-order chi connectivity index (χ0) is 24.5.